The van der Waals surface area contributed by atoms with Crippen LogP contribution in [0.5, 0.6) is 0 Å². The summed E-state index contributed by atoms with van der Waals surface area (Å²) in [5.41, 5.74) is 19.3. The molecule has 0 bridgehead atoms. The molecule has 0 spiro atoms. The monoisotopic (exact) mass is 903 g/mol. The first-order valence-electron chi connectivity index (χ1n) is 23.7. The summed E-state index contributed by atoms with van der Waals surface area (Å²) in [5, 5.41) is 1.28. The molecule has 66 heavy (non-hydrogen) atoms. The van der Waals surface area contributed by atoms with Gasteiger partial charge in [0, 0.05) is 68.5 Å². The number of pyridine rings is 1. The highest BCUT2D eigenvalue weighted by atomic mass is 16.2. The SMILES string of the molecule is C=CN(C)C(C(N)=O)C(C)C.CCn1c(-c2cccnc2)c(CC(C)(C)CCC=O)c2cc(-c3cccc(CCCCCCNNC=O)c3)ccc21.CN(C)CC#CC(=O)N1CCCCC1. The Kier molecular flexibility index (Phi) is 24.0. The number of benzene rings is 2. The number of hydrogen-bond donors (Lipinski definition) is 3. The van der Waals surface area contributed by atoms with Gasteiger partial charge in [-0.25, -0.2) is 5.43 Å². The van der Waals surface area contributed by atoms with E-state index in [1.165, 1.54) is 51.7 Å². The molecule has 4 N–H and O–H groups in total. The van der Waals surface area contributed by atoms with E-state index in [4.69, 9.17) is 5.73 Å². The molecule has 0 saturated carbocycles. The minimum atomic E-state index is -0.303. The number of likely N-dealkylation sites (N-methyl/N-ethyl adjacent to an activating group) is 1. The Bertz CT molecular complexity index is 2180. The van der Waals surface area contributed by atoms with Crippen molar-refractivity contribution in [1.29, 1.82) is 0 Å². The molecule has 2 aromatic carbocycles. The van der Waals surface area contributed by atoms with E-state index in [-0.39, 0.29) is 29.2 Å². The Hall–Kier alpha value is -5.77. The zero-order valence-corrected chi connectivity index (χ0v) is 41.2. The Morgan fingerprint density at radius 2 is 1.67 bits per heavy atom. The highest BCUT2D eigenvalue weighted by Gasteiger charge is 2.26. The van der Waals surface area contributed by atoms with E-state index in [0.29, 0.717) is 19.4 Å². The van der Waals surface area contributed by atoms with Gasteiger partial charge in [0.25, 0.3) is 5.91 Å². The first kappa shape index (κ1) is 54.6. The first-order valence-corrected chi connectivity index (χ1v) is 23.7. The van der Waals surface area contributed by atoms with Crippen molar-refractivity contribution in [2.45, 2.75) is 118 Å². The number of hydrogen-bond acceptors (Lipinski definition) is 8. The third-order valence-corrected chi connectivity index (χ3v) is 11.8. The summed E-state index contributed by atoms with van der Waals surface area (Å²) in [6, 6.07) is 19.8. The summed E-state index contributed by atoms with van der Waals surface area (Å²) in [6.07, 6.45) is 18.5. The molecule has 4 aromatic rings. The summed E-state index contributed by atoms with van der Waals surface area (Å²) < 4.78 is 2.42. The van der Waals surface area contributed by atoms with E-state index in [0.717, 1.165) is 89.4 Å². The molecule has 1 atom stereocenters. The third kappa shape index (κ3) is 17.9. The average Bonchev–Trinajstić information content (AvgIpc) is 3.61. The molecule has 1 aliphatic heterocycles. The molecule has 1 aliphatic rings. The molecule has 3 amide bonds. The second-order valence-electron chi connectivity index (χ2n) is 18.5. The summed E-state index contributed by atoms with van der Waals surface area (Å²) in [7, 11) is 5.68. The maximum absolute atomic E-state index is 11.5. The van der Waals surface area contributed by atoms with Crippen molar-refractivity contribution in [2.24, 2.45) is 17.1 Å². The van der Waals surface area contributed by atoms with E-state index >= 15 is 0 Å². The molecular formula is C54H78N8O4. The topological polar surface area (TPSA) is 146 Å². The van der Waals surface area contributed by atoms with Crippen molar-refractivity contribution < 1.29 is 19.2 Å². The number of likely N-dealkylation sites (tertiary alicyclic amines) is 1. The molecule has 3 heterocycles. The number of carbonyl (C=O) groups excluding carboxylic acids is 4. The quantitative estimate of drug-likeness (QED) is 0.0309. The van der Waals surface area contributed by atoms with Crippen LogP contribution in [0.3, 0.4) is 0 Å². The highest BCUT2D eigenvalue weighted by molar-refractivity contribution is 5.95. The second kappa shape index (κ2) is 29.0. The molecule has 12 heteroatoms. The van der Waals surface area contributed by atoms with Gasteiger partial charge in [-0.15, -0.1) is 0 Å². The zero-order chi connectivity index (χ0) is 48.5. The van der Waals surface area contributed by atoms with Gasteiger partial charge in [0.05, 0.1) is 12.2 Å². The Morgan fingerprint density at radius 1 is 0.955 bits per heavy atom. The average molecular weight is 903 g/mol. The third-order valence-electron chi connectivity index (χ3n) is 11.8. The molecule has 358 valence electrons. The van der Waals surface area contributed by atoms with Crippen molar-refractivity contribution in [1.82, 2.24) is 35.1 Å². The molecule has 2 aromatic heterocycles. The minimum absolute atomic E-state index is 0.00782. The van der Waals surface area contributed by atoms with Crippen LogP contribution in [0.4, 0.5) is 0 Å². The number of carbonyl (C=O) groups is 4. The lowest BCUT2D eigenvalue weighted by molar-refractivity contribution is -0.126. The highest BCUT2D eigenvalue weighted by Crippen LogP contribution is 2.40. The predicted octanol–water partition coefficient (Wildman–Crippen LogP) is 8.43. The fourth-order valence-corrected chi connectivity index (χ4v) is 8.44. The number of nitrogens with one attached hydrogen (secondary N) is 2. The van der Waals surface area contributed by atoms with Gasteiger partial charge in [0.15, 0.2) is 0 Å². The molecule has 5 rings (SSSR count). The van der Waals surface area contributed by atoms with E-state index < -0.39 is 0 Å². The number of aryl methyl sites for hydroxylation is 2. The number of primary amides is 1. The van der Waals surface area contributed by atoms with Crippen LogP contribution in [-0.2, 0) is 38.6 Å². The number of amides is 3. The molecule has 1 unspecified atom stereocenters. The lowest BCUT2D eigenvalue weighted by atomic mass is 9.80. The lowest BCUT2D eigenvalue weighted by Gasteiger charge is -2.26. The molecule has 0 radical (unpaired) electrons. The molecule has 1 saturated heterocycles. The summed E-state index contributed by atoms with van der Waals surface area (Å²) in [4.78, 5) is 53.9. The number of aldehydes is 1. The van der Waals surface area contributed by atoms with E-state index in [1.54, 1.807) is 18.1 Å². The first-order chi connectivity index (χ1) is 31.7. The number of nitrogens with zero attached hydrogens (tertiary/aromatic N) is 5. The second-order valence-corrected chi connectivity index (χ2v) is 18.5. The van der Waals surface area contributed by atoms with Crippen LogP contribution in [0.15, 0.2) is 79.8 Å². The zero-order valence-electron chi connectivity index (χ0n) is 41.2. The Labute approximate surface area is 395 Å². The minimum Gasteiger partial charge on any atom is -0.369 e. The van der Waals surface area contributed by atoms with Crippen LogP contribution in [-0.4, -0.2) is 102 Å². The van der Waals surface area contributed by atoms with Gasteiger partial charge < -0.3 is 24.9 Å². The number of nitrogens with two attached hydrogens (primary N) is 1. The van der Waals surface area contributed by atoms with Crippen LogP contribution >= 0.6 is 0 Å². The van der Waals surface area contributed by atoms with Crippen molar-refractivity contribution >= 4 is 35.4 Å². The molecule has 1 fully saturated rings. The Balaban J connectivity index is 0.000000376. The van der Waals surface area contributed by atoms with Crippen molar-refractivity contribution in [3.8, 4) is 34.2 Å². The van der Waals surface area contributed by atoms with Crippen molar-refractivity contribution in [2.75, 3.05) is 47.3 Å². The summed E-state index contributed by atoms with van der Waals surface area (Å²) >= 11 is 0. The van der Waals surface area contributed by atoms with E-state index in [1.807, 2.05) is 56.2 Å². The Morgan fingerprint density at radius 3 is 2.27 bits per heavy atom. The van der Waals surface area contributed by atoms with Crippen LogP contribution in [0.2, 0.25) is 0 Å². The fourth-order valence-electron chi connectivity index (χ4n) is 8.44. The van der Waals surface area contributed by atoms with Crippen LogP contribution in [0, 0.1) is 23.2 Å². The number of unbranched alkanes of at least 4 members (excludes halogenated alkanes) is 3. The number of rotatable bonds is 22. The van der Waals surface area contributed by atoms with Crippen LogP contribution < -0.4 is 16.6 Å². The van der Waals surface area contributed by atoms with Gasteiger partial charge in [-0.1, -0.05) is 83.4 Å². The fraction of sp³-hybridized carbons (Fsp3) is 0.500. The molecular weight excluding hydrogens is 825 g/mol. The van der Waals surface area contributed by atoms with Crippen molar-refractivity contribution in [3.63, 3.8) is 0 Å². The van der Waals surface area contributed by atoms with Gasteiger partial charge in [0.2, 0.25) is 12.3 Å². The largest absolute Gasteiger partial charge is 0.369 e. The normalized spacial score (nSPS) is 12.8. The van der Waals surface area contributed by atoms with E-state index in [2.05, 4.69) is 108 Å². The predicted molar refractivity (Wildman–Crippen MR) is 271 cm³/mol. The molecule has 0 aliphatic carbocycles. The summed E-state index contributed by atoms with van der Waals surface area (Å²) in [6.45, 7) is 18.3. The maximum atomic E-state index is 11.5. The van der Waals surface area contributed by atoms with Crippen LogP contribution in [0.25, 0.3) is 33.3 Å². The van der Waals surface area contributed by atoms with Crippen LogP contribution in [0.1, 0.15) is 104 Å². The van der Waals surface area contributed by atoms with Gasteiger partial charge >= 0.3 is 0 Å². The van der Waals surface area contributed by atoms with E-state index in [9.17, 15) is 19.2 Å². The number of fused-ring (bicyclic) bond motifs is 1. The standard InChI is InChI=1S/C35H44N4O2.C11H18N2O.C8H16N2O/c1-4-39-33-17-16-29(28-14-9-13-27(22-28)12-7-5-6-8-20-37-38-26-41)23-31(33)32(24-35(2,3)18-11-21-40)34(39)30-15-10-19-36-25-30;1-12(2)8-6-7-11(14)13-9-4-3-5-10-13;1-5-10(4)7(6(2)3)8(9)11/h9-10,13-17,19,21-23,25-26,37H,4-8,11-12,18,20,24H2,1-3H3,(H,38,41);3-5,8-10H2,1-2H3;5-7H,1H2,2-4H3,(H2,9,11). The number of piperidine rings is 1. The number of aromatic nitrogens is 2. The number of hydrazine groups is 1. The van der Waals surface area contributed by atoms with Gasteiger partial charge in [-0.05, 0) is 142 Å². The molecule has 12 nitrogen and oxygen atoms in total. The van der Waals surface area contributed by atoms with Gasteiger partial charge in [-0.3, -0.25) is 29.7 Å². The van der Waals surface area contributed by atoms with Gasteiger partial charge in [0.1, 0.15) is 12.3 Å². The maximum Gasteiger partial charge on any atom is 0.298 e. The lowest BCUT2D eigenvalue weighted by Crippen LogP contribution is -2.43. The summed E-state index contributed by atoms with van der Waals surface area (Å²) in [5.74, 6) is 5.45. The smallest absolute Gasteiger partial charge is 0.298 e. The van der Waals surface area contributed by atoms with Crippen molar-refractivity contribution in [3.05, 3.63) is 90.9 Å². The van der Waals surface area contributed by atoms with Gasteiger partial charge in [-0.2, -0.15) is 0 Å².